The zero-order chi connectivity index (χ0) is 15.2. The van der Waals surface area contributed by atoms with Crippen molar-refractivity contribution in [3.05, 3.63) is 67.0 Å². The lowest BCUT2D eigenvalue weighted by Gasteiger charge is -2.03. The van der Waals surface area contributed by atoms with Crippen LogP contribution < -0.4 is 0 Å². The molecule has 0 saturated heterocycles. The normalized spacial score (nSPS) is 11.5. The number of para-hydroxylation sites is 1. The molecule has 108 valence electrons. The van der Waals surface area contributed by atoms with Gasteiger partial charge in [-0.05, 0) is 30.3 Å². The lowest BCUT2D eigenvalue weighted by Crippen LogP contribution is -1.88. The van der Waals surface area contributed by atoms with Gasteiger partial charge in [-0.15, -0.1) is 11.3 Å². The molecule has 5 rings (SSSR count). The van der Waals surface area contributed by atoms with Crippen LogP contribution in [0.15, 0.2) is 67.0 Å². The third kappa shape index (κ3) is 1.92. The summed E-state index contributed by atoms with van der Waals surface area (Å²) >= 11 is 1.72. The highest BCUT2D eigenvalue weighted by atomic mass is 32.1. The molecular weight excluding hydrogens is 302 g/mol. The van der Waals surface area contributed by atoms with E-state index in [4.69, 9.17) is 4.98 Å². The summed E-state index contributed by atoms with van der Waals surface area (Å²) in [6, 6.07) is 18.4. The molecule has 1 aromatic carbocycles. The summed E-state index contributed by atoms with van der Waals surface area (Å²) < 4.78 is 2.32. The van der Waals surface area contributed by atoms with Crippen LogP contribution in [0.1, 0.15) is 0 Å². The number of benzene rings is 1. The van der Waals surface area contributed by atoms with E-state index in [0.717, 1.165) is 37.9 Å². The Labute approximate surface area is 136 Å². The van der Waals surface area contributed by atoms with E-state index in [0.29, 0.717) is 0 Å². The third-order valence-electron chi connectivity index (χ3n) is 3.98. The monoisotopic (exact) mass is 313 g/mol. The van der Waals surface area contributed by atoms with Crippen LogP contribution in [0.4, 0.5) is 0 Å². The van der Waals surface area contributed by atoms with Crippen LogP contribution in [0.25, 0.3) is 42.6 Å². The number of hydrogen-bond acceptors (Lipinski definition) is 4. The summed E-state index contributed by atoms with van der Waals surface area (Å²) in [5.74, 6) is 0. The minimum absolute atomic E-state index is 0.904. The topological polar surface area (TPSA) is 38.7 Å². The van der Waals surface area contributed by atoms with Gasteiger partial charge in [0.1, 0.15) is 5.69 Å². The van der Waals surface area contributed by atoms with Crippen LogP contribution in [-0.4, -0.2) is 15.0 Å². The first-order valence-corrected chi connectivity index (χ1v) is 8.20. The first-order chi connectivity index (χ1) is 11.4. The molecule has 0 saturated carbocycles. The number of hydrogen-bond donors (Lipinski definition) is 0. The van der Waals surface area contributed by atoms with Crippen molar-refractivity contribution < 1.29 is 0 Å². The maximum Gasteiger partial charge on any atom is 0.106 e. The Morgan fingerprint density at radius 3 is 2.74 bits per heavy atom. The van der Waals surface area contributed by atoms with Gasteiger partial charge in [0.05, 0.1) is 26.1 Å². The second-order valence-electron chi connectivity index (χ2n) is 5.38. The average molecular weight is 313 g/mol. The first-order valence-electron chi connectivity index (χ1n) is 7.38. The number of thiophene rings is 1. The molecular formula is C19H11N3S. The van der Waals surface area contributed by atoms with Gasteiger partial charge in [-0.25, -0.2) is 4.98 Å². The number of pyridine rings is 3. The Balaban J connectivity index is 1.84. The van der Waals surface area contributed by atoms with E-state index < -0.39 is 0 Å². The molecule has 4 heterocycles. The fourth-order valence-corrected chi connectivity index (χ4v) is 4.06. The second kappa shape index (κ2) is 4.83. The zero-order valence-electron chi connectivity index (χ0n) is 12.1. The smallest absolute Gasteiger partial charge is 0.106 e. The molecule has 5 aromatic rings. The minimum atomic E-state index is 0.904. The summed E-state index contributed by atoms with van der Waals surface area (Å²) in [4.78, 5) is 13.9. The molecule has 0 aliphatic rings. The van der Waals surface area contributed by atoms with Crippen LogP contribution in [0.2, 0.25) is 0 Å². The molecule has 0 unspecified atom stereocenters. The Bertz CT molecular complexity index is 1180. The maximum absolute atomic E-state index is 4.79. The first kappa shape index (κ1) is 12.7. The lowest BCUT2D eigenvalue weighted by molar-refractivity contribution is 1.30. The fourth-order valence-electron chi connectivity index (χ4n) is 2.90. The van der Waals surface area contributed by atoms with Gasteiger partial charge in [0.15, 0.2) is 0 Å². The Kier molecular flexibility index (Phi) is 2.66. The van der Waals surface area contributed by atoms with Gasteiger partial charge in [-0.2, -0.15) is 0 Å². The van der Waals surface area contributed by atoms with Gasteiger partial charge in [0, 0.05) is 23.2 Å². The molecule has 0 aliphatic carbocycles. The van der Waals surface area contributed by atoms with E-state index in [2.05, 4.69) is 28.2 Å². The van der Waals surface area contributed by atoms with Crippen molar-refractivity contribution in [1.82, 2.24) is 15.0 Å². The number of rotatable bonds is 1. The van der Waals surface area contributed by atoms with E-state index in [9.17, 15) is 0 Å². The molecule has 0 amide bonds. The molecule has 0 fully saturated rings. The quantitative estimate of drug-likeness (QED) is 0.434. The standard InChI is InChI=1S/C19H11N3S/c1-2-5-14-12(4-1)7-8-15(22-14)18-19-13(9-11-21-18)17-16(23-19)6-3-10-20-17/h1-11H. The second-order valence-corrected chi connectivity index (χ2v) is 6.43. The maximum atomic E-state index is 4.79. The zero-order valence-corrected chi connectivity index (χ0v) is 12.9. The van der Waals surface area contributed by atoms with Gasteiger partial charge >= 0.3 is 0 Å². The van der Waals surface area contributed by atoms with E-state index in [1.807, 2.05) is 48.8 Å². The van der Waals surface area contributed by atoms with Crippen molar-refractivity contribution in [1.29, 1.82) is 0 Å². The van der Waals surface area contributed by atoms with Crippen LogP contribution in [0.3, 0.4) is 0 Å². The Hall–Kier alpha value is -2.85. The van der Waals surface area contributed by atoms with E-state index >= 15 is 0 Å². The fraction of sp³-hybridized carbons (Fsp3) is 0. The number of fused-ring (bicyclic) bond motifs is 4. The van der Waals surface area contributed by atoms with Crippen molar-refractivity contribution in [3.63, 3.8) is 0 Å². The number of nitrogens with zero attached hydrogens (tertiary/aromatic N) is 3. The molecule has 4 heteroatoms. The molecule has 23 heavy (non-hydrogen) atoms. The molecule has 4 aromatic heterocycles. The van der Waals surface area contributed by atoms with Crippen molar-refractivity contribution in [2.75, 3.05) is 0 Å². The van der Waals surface area contributed by atoms with Gasteiger partial charge in [-0.1, -0.05) is 24.3 Å². The summed E-state index contributed by atoms with van der Waals surface area (Å²) in [5.41, 5.74) is 3.86. The third-order valence-corrected chi connectivity index (χ3v) is 5.15. The molecule has 0 bridgehead atoms. The summed E-state index contributed by atoms with van der Waals surface area (Å²) in [7, 11) is 0. The van der Waals surface area contributed by atoms with Crippen molar-refractivity contribution in [3.8, 4) is 11.4 Å². The van der Waals surface area contributed by atoms with Crippen LogP contribution >= 0.6 is 11.3 Å². The molecule has 3 nitrogen and oxygen atoms in total. The molecule has 0 radical (unpaired) electrons. The van der Waals surface area contributed by atoms with Gasteiger partial charge in [0.2, 0.25) is 0 Å². The predicted molar refractivity (Wildman–Crippen MR) is 95.7 cm³/mol. The van der Waals surface area contributed by atoms with E-state index in [1.54, 1.807) is 11.3 Å². The summed E-state index contributed by atoms with van der Waals surface area (Å²) in [6.07, 6.45) is 3.68. The highest BCUT2D eigenvalue weighted by Gasteiger charge is 2.13. The molecule has 0 N–H and O–H groups in total. The van der Waals surface area contributed by atoms with Gasteiger partial charge in [-0.3, -0.25) is 9.97 Å². The predicted octanol–water partition coefficient (Wildman–Crippen LogP) is 5.06. The molecule has 0 aliphatic heterocycles. The summed E-state index contributed by atoms with van der Waals surface area (Å²) in [6.45, 7) is 0. The van der Waals surface area contributed by atoms with Crippen molar-refractivity contribution in [2.45, 2.75) is 0 Å². The average Bonchev–Trinajstić information content (AvgIpc) is 3.00. The van der Waals surface area contributed by atoms with E-state index in [1.165, 1.54) is 4.70 Å². The molecule has 0 atom stereocenters. The molecule has 0 spiro atoms. The lowest BCUT2D eigenvalue weighted by atomic mass is 10.1. The van der Waals surface area contributed by atoms with Crippen LogP contribution in [-0.2, 0) is 0 Å². The summed E-state index contributed by atoms with van der Waals surface area (Å²) in [5, 5.41) is 2.28. The largest absolute Gasteiger partial charge is 0.255 e. The Morgan fingerprint density at radius 1 is 0.783 bits per heavy atom. The minimum Gasteiger partial charge on any atom is -0.255 e. The Morgan fingerprint density at radius 2 is 1.74 bits per heavy atom. The van der Waals surface area contributed by atoms with E-state index in [-0.39, 0.29) is 0 Å². The number of aromatic nitrogens is 3. The van der Waals surface area contributed by atoms with Crippen LogP contribution in [0, 0.1) is 0 Å². The SMILES string of the molecule is c1ccc2nc(-c3nccc4c3sc3cccnc34)ccc2c1. The highest BCUT2D eigenvalue weighted by Crippen LogP contribution is 2.37. The van der Waals surface area contributed by atoms with Gasteiger partial charge < -0.3 is 0 Å². The van der Waals surface area contributed by atoms with Gasteiger partial charge in [0.25, 0.3) is 0 Å². The van der Waals surface area contributed by atoms with Crippen LogP contribution in [0.5, 0.6) is 0 Å². The van der Waals surface area contributed by atoms with Crippen molar-refractivity contribution >= 4 is 42.5 Å². The highest BCUT2D eigenvalue weighted by molar-refractivity contribution is 7.26. The van der Waals surface area contributed by atoms with Crippen molar-refractivity contribution in [2.24, 2.45) is 0 Å².